The van der Waals surface area contributed by atoms with E-state index in [9.17, 15) is 14.9 Å². The molecule has 2 amide bonds. The monoisotopic (exact) mass is 379 g/mol. The number of hydrogen-bond acceptors (Lipinski definition) is 4. The molecule has 2 aromatic carbocycles. The zero-order chi connectivity index (χ0) is 20.1. The summed E-state index contributed by atoms with van der Waals surface area (Å²) in [5.41, 5.74) is 4.44. The van der Waals surface area contributed by atoms with Crippen molar-refractivity contribution < 1.29 is 9.72 Å². The lowest BCUT2D eigenvalue weighted by atomic mass is 10.2. The molecule has 2 N–H and O–H groups in total. The fourth-order valence-corrected chi connectivity index (χ4v) is 2.91. The summed E-state index contributed by atoms with van der Waals surface area (Å²) in [4.78, 5) is 22.3. The van der Waals surface area contributed by atoms with Gasteiger partial charge in [-0.15, -0.1) is 0 Å². The van der Waals surface area contributed by atoms with Crippen LogP contribution in [-0.2, 0) is 13.1 Å². The first-order valence-corrected chi connectivity index (χ1v) is 8.80. The van der Waals surface area contributed by atoms with Crippen LogP contribution in [0.25, 0.3) is 0 Å². The lowest BCUT2D eigenvalue weighted by Gasteiger charge is -2.09. The van der Waals surface area contributed by atoms with Crippen LogP contribution in [0.4, 0.5) is 16.2 Å². The van der Waals surface area contributed by atoms with Crippen molar-refractivity contribution in [3.8, 4) is 0 Å². The molecule has 0 unspecified atom stereocenters. The second-order valence-corrected chi connectivity index (χ2v) is 6.40. The molecule has 8 heteroatoms. The molecular weight excluding hydrogens is 358 g/mol. The highest BCUT2D eigenvalue weighted by molar-refractivity contribution is 5.89. The van der Waals surface area contributed by atoms with E-state index >= 15 is 0 Å². The number of urea groups is 1. The van der Waals surface area contributed by atoms with Crippen LogP contribution in [0.5, 0.6) is 0 Å². The molecule has 3 rings (SSSR count). The van der Waals surface area contributed by atoms with Gasteiger partial charge in [-0.2, -0.15) is 5.10 Å². The maximum Gasteiger partial charge on any atom is 0.319 e. The zero-order valence-corrected chi connectivity index (χ0v) is 15.7. The summed E-state index contributed by atoms with van der Waals surface area (Å²) in [6, 6.07) is 15.3. The van der Waals surface area contributed by atoms with Gasteiger partial charge in [0.05, 0.1) is 17.2 Å². The summed E-state index contributed by atoms with van der Waals surface area (Å²) in [7, 11) is 0. The Labute approximate surface area is 162 Å². The van der Waals surface area contributed by atoms with Crippen molar-refractivity contribution in [3.63, 3.8) is 0 Å². The predicted octanol–water partition coefficient (Wildman–Crippen LogP) is 3.78. The van der Waals surface area contributed by atoms with Gasteiger partial charge in [0.25, 0.3) is 5.69 Å². The van der Waals surface area contributed by atoms with E-state index in [1.807, 2.05) is 48.9 Å². The Hall–Kier alpha value is -3.68. The number of hydrogen-bond donors (Lipinski definition) is 2. The van der Waals surface area contributed by atoms with Crippen molar-refractivity contribution in [2.75, 3.05) is 5.32 Å². The van der Waals surface area contributed by atoms with Gasteiger partial charge in [0.15, 0.2) is 0 Å². The van der Waals surface area contributed by atoms with Gasteiger partial charge in [-0.25, -0.2) is 4.79 Å². The number of nitro groups is 1. The van der Waals surface area contributed by atoms with Gasteiger partial charge in [0.2, 0.25) is 0 Å². The molecule has 0 aliphatic rings. The van der Waals surface area contributed by atoms with Crippen LogP contribution in [0.2, 0.25) is 0 Å². The number of aryl methyl sites for hydroxylation is 1. The molecule has 28 heavy (non-hydrogen) atoms. The molecule has 0 saturated carbocycles. The van der Waals surface area contributed by atoms with Gasteiger partial charge >= 0.3 is 6.03 Å². The van der Waals surface area contributed by atoms with Crippen molar-refractivity contribution in [2.24, 2.45) is 0 Å². The zero-order valence-electron chi connectivity index (χ0n) is 15.7. The summed E-state index contributed by atoms with van der Waals surface area (Å²) < 4.78 is 1.93. The molecule has 0 aliphatic carbocycles. The van der Waals surface area contributed by atoms with E-state index in [4.69, 9.17) is 0 Å². The second-order valence-electron chi connectivity index (χ2n) is 6.40. The van der Waals surface area contributed by atoms with E-state index in [2.05, 4.69) is 15.7 Å². The third-order valence-corrected chi connectivity index (χ3v) is 4.47. The van der Waals surface area contributed by atoms with Crippen LogP contribution >= 0.6 is 0 Å². The topological polar surface area (TPSA) is 102 Å². The highest BCUT2D eigenvalue weighted by Gasteiger charge is 2.13. The fourth-order valence-electron chi connectivity index (χ4n) is 2.91. The van der Waals surface area contributed by atoms with Crippen LogP contribution in [-0.4, -0.2) is 20.7 Å². The fraction of sp³-hybridized carbons (Fsp3) is 0.200. The van der Waals surface area contributed by atoms with E-state index < -0.39 is 4.92 Å². The number of carbonyl (C=O) groups excluding carboxylic acids is 1. The number of amides is 2. The summed E-state index contributed by atoms with van der Waals surface area (Å²) >= 11 is 0. The van der Waals surface area contributed by atoms with Crippen molar-refractivity contribution in [1.29, 1.82) is 0 Å². The Morgan fingerprint density at radius 2 is 1.79 bits per heavy atom. The van der Waals surface area contributed by atoms with E-state index in [0.29, 0.717) is 18.8 Å². The quantitative estimate of drug-likeness (QED) is 0.502. The highest BCUT2D eigenvalue weighted by atomic mass is 16.6. The van der Waals surface area contributed by atoms with E-state index in [0.717, 1.165) is 22.5 Å². The standard InChI is InChI=1S/C20H21N5O3/c1-14-19(15(2)24(23-14)13-16-6-4-3-5-7-16)12-21-20(26)22-17-8-10-18(11-9-17)25(27)28/h3-11H,12-13H2,1-2H3,(H2,21,22,26). The smallest absolute Gasteiger partial charge is 0.319 e. The minimum absolute atomic E-state index is 0.0250. The third kappa shape index (κ3) is 4.53. The van der Waals surface area contributed by atoms with Crippen LogP contribution in [0.3, 0.4) is 0 Å². The van der Waals surface area contributed by atoms with Crippen LogP contribution in [0.15, 0.2) is 54.6 Å². The van der Waals surface area contributed by atoms with Gasteiger partial charge in [-0.05, 0) is 31.5 Å². The largest absolute Gasteiger partial charge is 0.334 e. The number of carbonyl (C=O) groups is 1. The van der Waals surface area contributed by atoms with E-state index in [1.54, 1.807) is 0 Å². The third-order valence-electron chi connectivity index (χ3n) is 4.47. The maximum absolute atomic E-state index is 12.1. The molecule has 0 bridgehead atoms. The van der Waals surface area contributed by atoms with Crippen molar-refractivity contribution in [1.82, 2.24) is 15.1 Å². The molecule has 0 fully saturated rings. The molecule has 144 valence electrons. The molecular formula is C20H21N5O3. The maximum atomic E-state index is 12.1. The van der Waals surface area contributed by atoms with Crippen molar-refractivity contribution >= 4 is 17.4 Å². The summed E-state index contributed by atoms with van der Waals surface area (Å²) in [5.74, 6) is 0. The minimum Gasteiger partial charge on any atom is -0.334 e. The second kappa shape index (κ2) is 8.34. The van der Waals surface area contributed by atoms with Crippen LogP contribution < -0.4 is 10.6 Å². The first-order chi connectivity index (χ1) is 13.4. The number of benzene rings is 2. The average Bonchev–Trinajstić information content (AvgIpc) is 2.94. The lowest BCUT2D eigenvalue weighted by Crippen LogP contribution is -2.28. The Balaban J connectivity index is 1.61. The molecule has 1 aromatic heterocycles. The molecule has 0 radical (unpaired) electrons. The lowest BCUT2D eigenvalue weighted by molar-refractivity contribution is -0.384. The van der Waals surface area contributed by atoms with E-state index in [1.165, 1.54) is 24.3 Å². The van der Waals surface area contributed by atoms with Crippen molar-refractivity contribution in [2.45, 2.75) is 26.9 Å². The summed E-state index contributed by atoms with van der Waals surface area (Å²) in [6.45, 7) is 4.90. The van der Waals surface area contributed by atoms with Gasteiger partial charge in [0.1, 0.15) is 0 Å². The Kier molecular flexibility index (Phi) is 5.69. The molecule has 8 nitrogen and oxygen atoms in total. The number of nitro benzene ring substituents is 1. The summed E-state index contributed by atoms with van der Waals surface area (Å²) in [5, 5.41) is 20.7. The van der Waals surface area contributed by atoms with Gasteiger partial charge in [0, 0.05) is 35.6 Å². The number of rotatable bonds is 6. The number of nitrogens with zero attached hydrogens (tertiary/aromatic N) is 3. The molecule has 0 aliphatic heterocycles. The Morgan fingerprint density at radius 3 is 2.43 bits per heavy atom. The van der Waals surface area contributed by atoms with E-state index in [-0.39, 0.29) is 11.7 Å². The normalized spacial score (nSPS) is 10.5. The first kappa shape index (κ1) is 19.1. The molecule has 1 heterocycles. The molecule has 0 atom stereocenters. The van der Waals surface area contributed by atoms with Gasteiger partial charge in [-0.3, -0.25) is 14.8 Å². The van der Waals surface area contributed by atoms with Crippen molar-refractivity contribution in [3.05, 3.63) is 87.2 Å². The van der Waals surface area contributed by atoms with Gasteiger partial charge in [-0.1, -0.05) is 30.3 Å². The van der Waals surface area contributed by atoms with Gasteiger partial charge < -0.3 is 10.6 Å². The number of non-ortho nitro benzene ring substituents is 1. The van der Waals surface area contributed by atoms with Crippen LogP contribution in [0, 0.1) is 24.0 Å². The molecule has 3 aromatic rings. The predicted molar refractivity (Wildman–Crippen MR) is 106 cm³/mol. The summed E-state index contributed by atoms with van der Waals surface area (Å²) in [6.07, 6.45) is 0. The number of nitrogens with one attached hydrogen (secondary N) is 2. The average molecular weight is 379 g/mol. The highest BCUT2D eigenvalue weighted by Crippen LogP contribution is 2.16. The first-order valence-electron chi connectivity index (χ1n) is 8.80. The minimum atomic E-state index is -0.484. The molecule has 0 saturated heterocycles. The number of aromatic nitrogens is 2. The van der Waals surface area contributed by atoms with Crippen LogP contribution in [0.1, 0.15) is 22.5 Å². The Bertz CT molecular complexity index is 981. The number of anilines is 1. The Morgan fingerprint density at radius 1 is 1.11 bits per heavy atom. The molecule has 0 spiro atoms. The SMILES string of the molecule is Cc1nn(Cc2ccccc2)c(C)c1CNC(=O)Nc1ccc([N+](=O)[O-])cc1.